The standard InChI is InChI=1S/C9H9BrS/c1-11-7-6-8-4-2-3-5-9(8)10/h2-7H,1H3/b7-6+. The summed E-state index contributed by atoms with van der Waals surface area (Å²) in [7, 11) is 0. The van der Waals surface area contributed by atoms with Crippen LogP contribution >= 0.6 is 27.7 Å². The fraction of sp³-hybridized carbons (Fsp3) is 0.111. The van der Waals surface area contributed by atoms with Crippen molar-refractivity contribution in [1.82, 2.24) is 0 Å². The third-order valence-corrected chi connectivity index (χ3v) is 2.42. The molecule has 0 aliphatic rings. The molecule has 0 spiro atoms. The Hall–Kier alpha value is -0.210. The third kappa shape index (κ3) is 2.72. The van der Waals surface area contributed by atoms with E-state index >= 15 is 0 Å². The average molecular weight is 229 g/mol. The van der Waals surface area contributed by atoms with Gasteiger partial charge in [0.2, 0.25) is 0 Å². The summed E-state index contributed by atoms with van der Waals surface area (Å²) in [6, 6.07) is 8.17. The first kappa shape index (κ1) is 8.88. The molecule has 0 radical (unpaired) electrons. The monoisotopic (exact) mass is 228 g/mol. The molecule has 0 aliphatic heterocycles. The normalized spacial score (nSPS) is 10.7. The Morgan fingerprint density at radius 1 is 1.36 bits per heavy atom. The molecular weight excluding hydrogens is 220 g/mol. The summed E-state index contributed by atoms with van der Waals surface area (Å²) in [5.74, 6) is 0. The Balaban J connectivity index is 2.86. The van der Waals surface area contributed by atoms with E-state index in [1.807, 2.05) is 24.5 Å². The molecule has 0 atom stereocenters. The van der Waals surface area contributed by atoms with Crippen molar-refractivity contribution in [3.05, 3.63) is 39.7 Å². The van der Waals surface area contributed by atoms with E-state index in [1.54, 1.807) is 11.8 Å². The minimum Gasteiger partial charge on any atom is -0.138 e. The second-order valence-electron chi connectivity index (χ2n) is 2.06. The highest BCUT2D eigenvalue weighted by Gasteiger charge is 1.90. The van der Waals surface area contributed by atoms with Gasteiger partial charge in [-0.3, -0.25) is 0 Å². The number of halogens is 1. The number of benzene rings is 1. The van der Waals surface area contributed by atoms with Gasteiger partial charge in [-0.15, -0.1) is 11.8 Å². The van der Waals surface area contributed by atoms with Crippen molar-refractivity contribution in [3.8, 4) is 0 Å². The summed E-state index contributed by atoms with van der Waals surface area (Å²) in [6.07, 6.45) is 4.14. The van der Waals surface area contributed by atoms with Crippen LogP contribution < -0.4 is 0 Å². The van der Waals surface area contributed by atoms with Crippen LogP contribution in [0.4, 0.5) is 0 Å². The Kier molecular flexibility index (Phi) is 3.73. The van der Waals surface area contributed by atoms with Gasteiger partial charge in [0.15, 0.2) is 0 Å². The SMILES string of the molecule is CS/C=C/c1ccccc1Br. The first-order valence-electron chi connectivity index (χ1n) is 3.28. The van der Waals surface area contributed by atoms with Crippen molar-refractivity contribution in [2.75, 3.05) is 6.26 Å². The average Bonchev–Trinajstić information content (AvgIpc) is 2.03. The van der Waals surface area contributed by atoms with Gasteiger partial charge in [0.05, 0.1) is 0 Å². The molecular formula is C9H9BrS. The molecule has 1 aromatic carbocycles. The van der Waals surface area contributed by atoms with Gasteiger partial charge in [-0.05, 0) is 29.4 Å². The fourth-order valence-corrected chi connectivity index (χ4v) is 1.45. The van der Waals surface area contributed by atoms with Gasteiger partial charge < -0.3 is 0 Å². The van der Waals surface area contributed by atoms with Crippen molar-refractivity contribution in [2.45, 2.75) is 0 Å². The molecule has 0 fully saturated rings. The van der Waals surface area contributed by atoms with Crippen LogP contribution in [0.5, 0.6) is 0 Å². The van der Waals surface area contributed by atoms with Crippen LogP contribution in [-0.2, 0) is 0 Å². The fourth-order valence-electron chi connectivity index (χ4n) is 0.752. The third-order valence-electron chi connectivity index (χ3n) is 1.29. The first-order valence-corrected chi connectivity index (χ1v) is 5.36. The zero-order chi connectivity index (χ0) is 8.10. The van der Waals surface area contributed by atoms with Crippen molar-refractivity contribution < 1.29 is 0 Å². The van der Waals surface area contributed by atoms with Crippen LogP contribution in [0.15, 0.2) is 34.1 Å². The van der Waals surface area contributed by atoms with E-state index < -0.39 is 0 Å². The Labute approximate surface area is 79.8 Å². The van der Waals surface area contributed by atoms with Crippen molar-refractivity contribution >= 4 is 33.8 Å². The molecule has 11 heavy (non-hydrogen) atoms. The maximum atomic E-state index is 3.47. The van der Waals surface area contributed by atoms with E-state index in [0.717, 1.165) is 4.47 Å². The maximum Gasteiger partial charge on any atom is 0.0247 e. The van der Waals surface area contributed by atoms with Gasteiger partial charge >= 0.3 is 0 Å². The number of hydrogen-bond donors (Lipinski definition) is 0. The molecule has 0 amide bonds. The van der Waals surface area contributed by atoms with E-state index in [9.17, 15) is 0 Å². The Bertz CT molecular complexity index is 255. The molecule has 0 nitrogen and oxygen atoms in total. The molecule has 0 aliphatic carbocycles. The molecule has 0 saturated carbocycles. The lowest BCUT2D eigenvalue weighted by molar-refractivity contribution is 1.61. The van der Waals surface area contributed by atoms with Crippen LogP contribution in [0.2, 0.25) is 0 Å². The summed E-state index contributed by atoms with van der Waals surface area (Å²) in [5, 5.41) is 2.07. The molecule has 1 rings (SSSR count). The minimum atomic E-state index is 1.14. The maximum absolute atomic E-state index is 3.47. The number of thioether (sulfide) groups is 1. The minimum absolute atomic E-state index is 1.14. The number of rotatable bonds is 2. The first-order chi connectivity index (χ1) is 5.34. The largest absolute Gasteiger partial charge is 0.138 e. The molecule has 0 bridgehead atoms. The summed E-state index contributed by atoms with van der Waals surface area (Å²) >= 11 is 5.17. The van der Waals surface area contributed by atoms with Gasteiger partial charge in [-0.25, -0.2) is 0 Å². The Morgan fingerprint density at radius 2 is 2.09 bits per heavy atom. The van der Waals surface area contributed by atoms with Crippen LogP contribution in [0.3, 0.4) is 0 Å². The van der Waals surface area contributed by atoms with Crippen LogP contribution in [0, 0.1) is 0 Å². The summed E-state index contributed by atoms with van der Waals surface area (Å²) < 4.78 is 1.14. The van der Waals surface area contributed by atoms with E-state index in [4.69, 9.17) is 0 Å². The highest BCUT2D eigenvalue weighted by molar-refractivity contribution is 9.10. The molecule has 0 N–H and O–H groups in total. The highest BCUT2D eigenvalue weighted by Crippen LogP contribution is 2.17. The molecule has 58 valence electrons. The van der Waals surface area contributed by atoms with Crippen LogP contribution in [0.25, 0.3) is 6.08 Å². The van der Waals surface area contributed by atoms with Gasteiger partial charge in [0.1, 0.15) is 0 Å². The quantitative estimate of drug-likeness (QED) is 0.743. The van der Waals surface area contributed by atoms with Gasteiger partial charge in [0, 0.05) is 4.47 Å². The zero-order valence-electron chi connectivity index (χ0n) is 6.25. The summed E-state index contributed by atoms with van der Waals surface area (Å²) in [6.45, 7) is 0. The van der Waals surface area contributed by atoms with Crippen molar-refractivity contribution in [1.29, 1.82) is 0 Å². The van der Waals surface area contributed by atoms with E-state index in [-0.39, 0.29) is 0 Å². The summed E-state index contributed by atoms with van der Waals surface area (Å²) in [4.78, 5) is 0. The molecule has 0 heterocycles. The smallest absolute Gasteiger partial charge is 0.0247 e. The second kappa shape index (κ2) is 4.62. The van der Waals surface area contributed by atoms with Crippen LogP contribution in [-0.4, -0.2) is 6.26 Å². The van der Waals surface area contributed by atoms with Crippen molar-refractivity contribution in [2.24, 2.45) is 0 Å². The molecule has 0 saturated heterocycles. The molecule has 1 aromatic rings. The number of hydrogen-bond acceptors (Lipinski definition) is 1. The zero-order valence-corrected chi connectivity index (χ0v) is 8.65. The van der Waals surface area contributed by atoms with Crippen molar-refractivity contribution in [3.63, 3.8) is 0 Å². The lowest BCUT2D eigenvalue weighted by Gasteiger charge is -1.94. The van der Waals surface area contributed by atoms with Gasteiger partial charge in [0.25, 0.3) is 0 Å². The van der Waals surface area contributed by atoms with Crippen LogP contribution in [0.1, 0.15) is 5.56 Å². The molecule has 0 aromatic heterocycles. The van der Waals surface area contributed by atoms with E-state index in [0.29, 0.717) is 0 Å². The lowest BCUT2D eigenvalue weighted by Crippen LogP contribution is -1.71. The highest BCUT2D eigenvalue weighted by atomic mass is 79.9. The molecule has 0 unspecified atom stereocenters. The van der Waals surface area contributed by atoms with Gasteiger partial charge in [-0.1, -0.05) is 34.1 Å². The topological polar surface area (TPSA) is 0 Å². The molecule has 2 heteroatoms. The second-order valence-corrected chi connectivity index (χ2v) is 3.66. The van der Waals surface area contributed by atoms with E-state index in [1.165, 1.54) is 5.56 Å². The van der Waals surface area contributed by atoms with Gasteiger partial charge in [-0.2, -0.15) is 0 Å². The summed E-state index contributed by atoms with van der Waals surface area (Å²) in [5.41, 5.74) is 1.22. The lowest BCUT2D eigenvalue weighted by atomic mass is 10.2. The Morgan fingerprint density at radius 3 is 2.73 bits per heavy atom. The predicted octanol–water partition coefficient (Wildman–Crippen LogP) is 3.78. The predicted molar refractivity (Wildman–Crippen MR) is 56.7 cm³/mol. The van der Waals surface area contributed by atoms with E-state index in [2.05, 4.69) is 33.5 Å².